The first-order valence-electron chi connectivity index (χ1n) is 8.29. The smallest absolute Gasteiger partial charge is 0.0328 e. The zero-order valence-corrected chi connectivity index (χ0v) is 14.9. The van der Waals surface area contributed by atoms with E-state index in [2.05, 4.69) is 59.9 Å². The van der Waals surface area contributed by atoms with Crippen molar-refractivity contribution in [2.45, 2.75) is 46.3 Å². The number of nitrogens with zero attached hydrogens (tertiary/aromatic N) is 3. The number of hydrogen-bond donors (Lipinski definition) is 0. The summed E-state index contributed by atoms with van der Waals surface area (Å²) in [6.07, 6.45) is 0. The minimum atomic E-state index is 0.640. The van der Waals surface area contributed by atoms with Gasteiger partial charge in [0.1, 0.15) is 0 Å². The van der Waals surface area contributed by atoms with Crippen molar-refractivity contribution in [2.24, 2.45) is 0 Å². The van der Waals surface area contributed by atoms with Crippen LogP contribution in [-0.2, 0) is 6.54 Å². The molecule has 1 aliphatic rings. The van der Waals surface area contributed by atoms with Crippen LogP contribution in [0.3, 0.4) is 0 Å². The normalized spacial score (nSPS) is 20.7. The van der Waals surface area contributed by atoms with Gasteiger partial charge in [0.05, 0.1) is 0 Å². The Kier molecular flexibility index (Phi) is 6.68. The summed E-state index contributed by atoms with van der Waals surface area (Å²) < 4.78 is 0. The number of thiophene rings is 1. The molecule has 0 saturated carbocycles. The van der Waals surface area contributed by atoms with E-state index in [0.717, 1.165) is 6.54 Å². The molecule has 0 N–H and O–H groups in total. The Morgan fingerprint density at radius 2 is 1.43 bits per heavy atom. The maximum atomic E-state index is 2.63. The zero-order chi connectivity index (χ0) is 15.2. The Bertz CT molecular complexity index is 369. The van der Waals surface area contributed by atoms with Crippen LogP contribution in [0.25, 0.3) is 0 Å². The fourth-order valence-electron chi connectivity index (χ4n) is 2.95. The van der Waals surface area contributed by atoms with Crippen LogP contribution in [0.1, 0.15) is 32.6 Å². The summed E-state index contributed by atoms with van der Waals surface area (Å²) in [7, 11) is 0. The van der Waals surface area contributed by atoms with Crippen molar-refractivity contribution in [3.05, 3.63) is 22.4 Å². The topological polar surface area (TPSA) is 9.72 Å². The summed E-state index contributed by atoms with van der Waals surface area (Å²) >= 11 is 1.88. The van der Waals surface area contributed by atoms with Gasteiger partial charge in [-0.05, 0) is 39.1 Å². The van der Waals surface area contributed by atoms with Crippen molar-refractivity contribution in [1.82, 2.24) is 14.7 Å². The van der Waals surface area contributed by atoms with Gasteiger partial charge in [-0.15, -0.1) is 11.3 Å². The van der Waals surface area contributed by atoms with Gasteiger partial charge >= 0.3 is 0 Å². The van der Waals surface area contributed by atoms with Crippen molar-refractivity contribution >= 4 is 11.3 Å². The van der Waals surface area contributed by atoms with Gasteiger partial charge in [-0.25, -0.2) is 0 Å². The quantitative estimate of drug-likeness (QED) is 0.846. The lowest BCUT2D eigenvalue weighted by Gasteiger charge is -2.30. The van der Waals surface area contributed by atoms with E-state index in [-0.39, 0.29) is 0 Å². The van der Waals surface area contributed by atoms with Gasteiger partial charge in [-0.1, -0.05) is 6.07 Å². The van der Waals surface area contributed by atoms with Crippen LogP contribution in [0.5, 0.6) is 0 Å². The van der Waals surface area contributed by atoms with Gasteiger partial charge in [0, 0.05) is 62.8 Å². The third-order valence-electron chi connectivity index (χ3n) is 4.50. The van der Waals surface area contributed by atoms with E-state index in [0.29, 0.717) is 12.1 Å². The van der Waals surface area contributed by atoms with E-state index in [1.54, 1.807) is 0 Å². The van der Waals surface area contributed by atoms with Gasteiger partial charge < -0.3 is 0 Å². The summed E-state index contributed by atoms with van der Waals surface area (Å²) in [5.74, 6) is 0. The Morgan fingerprint density at radius 3 is 1.86 bits per heavy atom. The van der Waals surface area contributed by atoms with Gasteiger partial charge in [-0.2, -0.15) is 0 Å². The highest BCUT2D eigenvalue weighted by Gasteiger charge is 2.19. The molecule has 0 spiro atoms. The standard InChI is InChI=1S/C17H31N3S/c1-15(2)19-9-7-18(14-17-6-5-13-21-17)8-10-20(12-11-19)16(3)4/h5-6,13,15-16H,7-12,14H2,1-4H3. The predicted octanol–water partition coefficient (Wildman–Crippen LogP) is 2.98. The van der Waals surface area contributed by atoms with Crippen LogP contribution in [0.15, 0.2) is 17.5 Å². The highest BCUT2D eigenvalue weighted by Crippen LogP contribution is 2.13. The summed E-state index contributed by atoms with van der Waals surface area (Å²) in [5, 5.41) is 2.19. The maximum Gasteiger partial charge on any atom is 0.0328 e. The molecular formula is C17H31N3S. The average molecular weight is 310 g/mol. The fourth-order valence-corrected chi connectivity index (χ4v) is 3.69. The molecule has 0 aromatic carbocycles. The van der Waals surface area contributed by atoms with Crippen molar-refractivity contribution in [2.75, 3.05) is 39.3 Å². The van der Waals surface area contributed by atoms with Gasteiger partial charge in [-0.3, -0.25) is 14.7 Å². The average Bonchev–Trinajstić information content (AvgIpc) is 2.94. The molecule has 1 aromatic heterocycles. The van der Waals surface area contributed by atoms with Gasteiger partial charge in [0.15, 0.2) is 0 Å². The Morgan fingerprint density at radius 1 is 0.905 bits per heavy atom. The minimum absolute atomic E-state index is 0.640. The highest BCUT2D eigenvalue weighted by atomic mass is 32.1. The van der Waals surface area contributed by atoms with E-state index in [9.17, 15) is 0 Å². The molecule has 1 aliphatic heterocycles. The first-order valence-corrected chi connectivity index (χ1v) is 9.17. The van der Waals surface area contributed by atoms with Crippen LogP contribution < -0.4 is 0 Å². The summed E-state index contributed by atoms with van der Waals surface area (Å²) in [6.45, 7) is 17.5. The van der Waals surface area contributed by atoms with E-state index in [1.807, 2.05) is 11.3 Å². The van der Waals surface area contributed by atoms with E-state index >= 15 is 0 Å². The monoisotopic (exact) mass is 309 g/mol. The molecule has 0 aliphatic carbocycles. The number of hydrogen-bond acceptors (Lipinski definition) is 4. The van der Waals surface area contributed by atoms with Crippen molar-refractivity contribution in [3.8, 4) is 0 Å². The lowest BCUT2D eigenvalue weighted by atomic mass is 10.3. The molecule has 1 fully saturated rings. The lowest BCUT2D eigenvalue weighted by molar-refractivity contribution is 0.169. The second kappa shape index (κ2) is 8.28. The Balaban J connectivity index is 2.00. The molecule has 0 amide bonds. The molecule has 0 atom stereocenters. The Hall–Kier alpha value is -0.420. The Labute approximate surface area is 134 Å². The molecule has 4 heteroatoms. The minimum Gasteiger partial charge on any atom is -0.298 e. The molecule has 1 aromatic rings. The molecule has 0 unspecified atom stereocenters. The van der Waals surface area contributed by atoms with E-state index in [1.165, 1.54) is 44.1 Å². The third kappa shape index (κ3) is 5.37. The zero-order valence-electron chi connectivity index (χ0n) is 14.1. The van der Waals surface area contributed by atoms with Crippen LogP contribution >= 0.6 is 11.3 Å². The molecule has 3 nitrogen and oxygen atoms in total. The predicted molar refractivity (Wildman–Crippen MR) is 93.0 cm³/mol. The van der Waals surface area contributed by atoms with Crippen LogP contribution in [0.4, 0.5) is 0 Å². The maximum absolute atomic E-state index is 2.63. The summed E-state index contributed by atoms with van der Waals surface area (Å²) in [6, 6.07) is 5.70. The molecule has 21 heavy (non-hydrogen) atoms. The fraction of sp³-hybridized carbons (Fsp3) is 0.765. The van der Waals surface area contributed by atoms with Gasteiger partial charge in [0.25, 0.3) is 0 Å². The molecule has 2 rings (SSSR count). The molecule has 2 heterocycles. The van der Waals surface area contributed by atoms with E-state index in [4.69, 9.17) is 0 Å². The largest absolute Gasteiger partial charge is 0.298 e. The highest BCUT2D eigenvalue weighted by molar-refractivity contribution is 7.09. The van der Waals surface area contributed by atoms with E-state index < -0.39 is 0 Å². The van der Waals surface area contributed by atoms with Crippen molar-refractivity contribution in [1.29, 1.82) is 0 Å². The molecular weight excluding hydrogens is 278 g/mol. The molecule has 0 radical (unpaired) electrons. The van der Waals surface area contributed by atoms with Crippen molar-refractivity contribution < 1.29 is 0 Å². The molecule has 120 valence electrons. The lowest BCUT2D eigenvalue weighted by Crippen LogP contribution is -2.41. The molecule has 1 saturated heterocycles. The SMILES string of the molecule is CC(C)N1CCN(Cc2cccs2)CCN(C(C)C)CC1. The summed E-state index contributed by atoms with van der Waals surface area (Å²) in [5.41, 5.74) is 0. The first kappa shape index (κ1) is 16.9. The molecule has 0 bridgehead atoms. The second-order valence-electron chi connectivity index (χ2n) is 6.61. The number of rotatable bonds is 4. The van der Waals surface area contributed by atoms with Crippen LogP contribution in [-0.4, -0.2) is 66.1 Å². The summed E-state index contributed by atoms with van der Waals surface area (Å²) in [4.78, 5) is 9.37. The van der Waals surface area contributed by atoms with Crippen molar-refractivity contribution in [3.63, 3.8) is 0 Å². The third-order valence-corrected chi connectivity index (χ3v) is 5.36. The van der Waals surface area contributed by atoms with Crippen LogP contribution in [0.2, 0.25) is 0 Å². The van der Waals surface area contributed by atoms with Gasteiger partial charge in [0.2, 0.25) is 0 Å². The van der Waals surface area contributed by atoms with Crippen LogP contribution in [0, 0.1) is 0 Å². The first-order chi connectivity index (χ1) is 10.1. The second-order valence-corrected chi connectivity index (χ2v) is 7.65.